The molecule has 2 saturated heterocycles. The maximum absolute atomic E-state index is 2.67. The first kappa shape index (κ1) is 15.3. The summed E-state index contributed by atoms with van der Waals surface area (Å²) in [6.07, 6.45) is 7.83. The molecule has 0 aromatic heterocycles. The third-order valence-corrected chi connectivity index (χ3v) is 8.22. The number of aryl methyl sites for hydroxylation is 1. The first-order valence-corrected chi connectivity index (χ1v) is 10.5. The van der Waals surface area contributed by atoms with Crippen molar-refractivity contribution < 1.29 is 0 Å². The second-order valence-corrected chi connectivity index (χ2v) is 9.33. The Morgan fingerprint density at radius 1 is 0.769 bits per heavy atom. The molecule has 0 radical (unpaired) electrons. The number of piperidine rings is 2. The van der Waals surface area contributed by atoms with Crippen molar-refractivity contribution in [1.82, 2.24) is 4.48 Å². The predicted octanol–water partition coefficient (Wildman–Crippen LogP) is 5.76. The smallest absolute Gasteiger partial charge is 0.171 e. The van der Waals surface area contributed by atoms with E-state index < -0.39 is 0 Å². The van der Waals surface area contributed by atoms with Crippen LogP contribution in [0.15, 0.2) is 48.5 Å². The number of para-hydroxylation sites is 3. The minimum atomic E-state index is 0.503. The van der Waals surface area contributed by atoms with E-state index in [1.807, 2.05) is 0 Å². The Labute approximate surface area is 157 Å². The van der Waals surface area contributed by atoms with Gasteiger partial charge >= 0.3 is 0 Å². The third-order valence-electron chi connectivity index (χ3n) is 8.22. The van der Waals surface area contributed by atoms with E-state index in [1.54, 1.807) is 5.69 Å². The molecule has 2 saturated carbocycles. The van der Waals surface area contributed by atoms with Gasteiger partial charge in [-0.1, -0.05) is 30.3 Å². The molecule has 4 fully saturated rings. The van der Waals surface area contributed by atoms with Gasteiger partial charge in [-0.3, -0.25) is 9.38 Å². The molecule has 1 atom stereocenters. The van der Waals surface area contributed by atoms with Crippen molar-refractivity contribution in [3.05, 3.63) is 54.1 Å². The van der Waals surface area contributed by atoms with Gasteiger partial charge in [0, 0.05) is 44.4 Å². The lowest BCUT2D eigenvalue weighted by Crippen LogP contribution is -2.75. The van der Waals surface area contributed by atoms with Gasteiger partial charge in [-0.15, -0.1) is 0 Å². The fraction of sp³-hybridized carbons (Fsp3) is 0.500. The molecule has 2 aromatic rings. The minimum Gasteiger partial charge on any atom is -0.286 e. The molecule has 5 aliphatic rings. The van der Waals surface area contributed by atoms with Crippen LogP contribution in [0.4, 0.5) is 17.1 Å². The van der Waals surface area contributed by atoms with E-state index in [1.165, 1.54) is 53.5 Å². The minimum absolute atomic E-state index is 0.503. The standard InChI is InChI=1S/C24H29N2/c1-16-7-3-4-8-22(16)25-17(2)26(24-10-6-5-9-23(24)25)20-12-18-11-19(14-20)15-21(26)13-18/h3-10,17-21H,11-15H2,1-2H3/q+1. The predicted molar refractivity (Wildman–Crippen MR) is 109 cm³/mol. The van der Waals surface area contributed by atoms with Crippen molar-refractivity contribution in [2.24, 2.45) is 11.8 Å². The van der Waals surface area contributed by atoms with Gasteiger partial charge in [0.2, 0.25) is 0 Å². The summed E-state index contributed by atoms with van der Waals surface area (Å²) in [4.78, 5) is 2.67. The molecule has 26 heavy (non-hydrogen) atoms. The first-order chi connectivity index (χ1) is 12.7. The van der Waals surface area contributed by atoms with Crippen LogP contribution in [0.2, 0.25) is 0 Å². The summed E-state index contributed by atoms with van der Waals surface area (Å²) in [5, 5.41) is 0. The highest BCUT2D eigenvalue weighted by Gasteiger charge is 2.65. The van der Waals surface area contributed by atoms with Crippen molar-refractivity contribution in [2.45, 2.75) is 64.2 Å². The Balaban J connectivity index is 1.57. The second-order valence-electron chi connectivity index (χ2n) is 9.33. The van der Waals surface area contributed by atoms with Crippen LogP contribution in [0.1, 0.15) is 44.6 Å². The normalized spacial score (nSPS) is 39.6. The molecule has 0 amide bonds. The van der Waals surface area contributed by atoms with E-state index in [0.29, 0.717) is 6.17 Å². The van der Waals surface area contributed by atoms with Crippen molar-refractivity contribution >= 4 is 17.1 Å². The van der Waals surface area contributed by atoms with Gasteiger partial charge < -0.3 is 0 Å². The van der Waals surface area contributed by atoms with Gasteiger partial charge in [0.1, 0.15) is 5.69 Å². The monoisotopic (exact) mass is 345 g/mol. The van der Waals surface area contributed by atoms with Gasteiger partial charge in [-0.2, -0.15) is 0 Å². The summed E-state index contributed by atoms with van der Waals surface area (Å²) in [7, 11) is 0. The van der Waals surface area contributed by atoms with Crippen molar-refractivity contribution in [2.75, 3.05) is 4.90 Å². The molecule has 3 aliphatic heterocycles. The zero-order chi connectivity index (χ0) is 17.5. The fourth-order valence-electron chi connectivity index (χ4n) is 7.53. The van der Waals surface area contributed by atoms with Crippen molar-refractivity contribution in [1.29, 1.82) is 0 Å². The number of hydrogen-bond donors (Lipinski definition) is 0. The topological polar surface area (TPSA) is 3.24 Å². The lowest BCUT2D eigenvalue weighted by Gasteiger charge is -2.62. The van der Waals surface area contributed by atoms with Crippen LogP contribution in [0, 0.1) is 18.8 Å². The van der Waals surface area contributed by atoms with Crippen LogP contribution < -0.4 is 9.38 Å². The molecule has 1 spiro atoms. The van der Waals surface area contributed by atoms with Gasteiger partial charge in [0.15, 0.2) is 11.9 Å². The van der Waals surface area contributed by atoms with Crippen LogP contribution in [0.5, 0.6) is 0 Å². The van der Waals surface area contributed by atoms with E-state index in [2.05, 4.69) is 67.3 Å². The van der Waals surface area contributed by atoms with Crippen LogP contribution >= 0.6 is 0 Å². The molecule has 1 unspecified atom stereocenters. The fourth-order valence-corrected chi connectivity index (χ4v) is 7.53. The second kappa shape index (κ2) is 5.13. The average molecular weight is 346 g/mol. The highest BCUT2D eigenvalue weighted by molar-refractivity contribution is 5.83. The van der Waals surface area contributed by atoms with E-state index in [9.17, 15) is 0 Å². The van der Waals surface area contributed by atoms with Crippen LogP contribution in [-0.4, -0.2) is 18.2 Å². The number of benzene rings is 2. The molecular weight excluding hydrogens is 316 g/mol. The molecule has 4 bridgehead atoms. The number of quaternary nitrogens is 1. The first-order valence-electron chi connectivity index (χ1n) is 10.5. The summed E-state index contributed by atoms with van der Waals surface area (Å²) in [5.41, 5.74) is 5.86. The largest absolute Gasteiger partial charge is 0.286 e. The molecule has 2 aromatic carbocycles. The number of hydrogen-bond acceptors (Lipinski definition) is 1. The van der Waals surface area contributed by atoms with Crippen LogP contribution in [-0.2, 0) is 0 Å². The summed E-state index contributed by atoms with van der Waals surface area (Å²) < 4.78 is 1.25. The maximum atomic E-state index is 2.67. The van der Waals surface area contributed by atoms with E-state index in [4.69, 9.17) is 0 Å². The Morgan fingerprint density at radius 3 is 2.00 bits per heavy atom. The zero-order valence-electron chi connectivity index (χ0n) is 15.9. The molecule has 134 valence electrons. The van der Waals surface area contributed by atoms with Crippen molar-refractivity contribution in [3.63, 3.8) is 0 Å². The average Bonchev–Trinajstić information content (AvgIpc) is 2.89. The summed E-state index contributed by atoms with van der Waals surface area (Å²) in [6.45, 7) is 4.77. The molecule has 2 heteroatoms. The summed E-state index contributed by atoms with van der Waals surface area (Å²) in [5.74, 6) is 2.02. The number of nitrogens with zero attached hydrogens (tertiary/aromatic N) is 2. The van der Waals surface area contributed by atoms with Gasteiger partial charge in [0.05, 0.1) is 12.1 Å². The lowest BCUT2D eigenvalue weighted by atomic mass is 9.62. The molecule has 3 heterocycles. The molecule has 2 aliphatic carbocycles. The quantitative estimate of drug-likeness (QED) is 0.594. The number of rotatable bonds is 1. The maximum Gasteiger partial charge on any atom is 0.171 e. The van der Waals surface area contributed by atoms with E-state index in [0.717, 1.165) is 23.9 Å². The van der Waals surface area contributed by atoms with Crippen LogP contribution in [0.25, 0.3) is 0 Å². The zero-order valence-corrected chi connectivity index (χ0v) is 15.9. The SMILES string of the molecule is Cc1ccccc1N1c2ccccc2[N+]2(C3CC4CC(C3)CC2C4)C1C. The van der Waals surface area contributed by atoms with E-state index in [-0.39, 0.29) is 0 Å². The highest BCUT2D eigenvalue weighted by Crippen LogP contribution is 2.61. The van der Waals surface area contributed by atoms with E-state index >= 15 is 0 Å². The van der Waals surface area contributed by atoms with Crippen molar-refractivity contribution in [3.8, 4) is 0 Å². The summed E-state index contributed by atoms with van der Waals surface area (Å²) in [6, 6.07) is 19.9. The molecule has 2 nitrogen and oxygen atoms in total. The van der Waals surface area contributed by atoms with Crippen LogP contribution in [0.3, 0.4) is 0 Å². The molecule has 0 N–H and O–H groups in total. The van der Waals surface area contributed by atoms with Gasteiger partial charge in [-0.25, -0.2) is 0 Å². The van der Waals surface area contributed by atoms with Gasteiger partial charge in [-0.05, 0) is 42.9 Å². The molecular formula is C24H29N2+. The number of fused-ring (bicyclic) bond motifs is 1. The Bertz CT molecular complexity index is 842. The summed E-state index contributed by atoms with van der Waals surface area (Å²) >= 11 is 0. The lowest BCUT2D eigenvalue weighted by molar-refractivity contribution is -0.0651. The number of anilines is 2. The third kappa shape index (κ3) is 1.72. The molecule has 7 rings (SSSR count). The highest BCUT2D eigenvalue weighted by atomic mass is 15.6. The van der Waals surface area contributed by atoms with Gasteiger partial charge in [0.25, 0.3) is 0 Å². The Kier molecular flexibility index (Phi) is 3.02. The Morgan fingerprint density at radius 2 is 1.35 bits per heavy atom. The Hall–Kier alpha value is -1.80.